The van der Waals surface area contributed by atoms with Crippen LogP contribution >= 0.6 is 8.58 Å². The van der Waals surface area contributed by atoms with Gasteiger partial charge in [-0.1, -0.05) is 5.66 Å². The highest BCUT2D eigenvalue weighted by Crippen LogP contribution is 1.91. The van der Waals surface area contributed by atoms with Gasteiger partial charge in [-0.3, -0.25) is 0 Å². The molecule has 0 aromatic heterocycles. The molecule has 0 bridgehead atoms. The summed E-state index contributed by atoms with van der Waals surface area (Å²) < 4.78 is 0. The van der Waals surface area contributed by atoms with Crippen molar-refractivity contribution in [3.05, 3.63) is 0 Å². The van der Waals surface area contributed by atoms with Gasteiger partial charge in [0.25, 0.3) is 0 Å². The van der Waals surface area contributed by atoms with Gasteiger partial charge in [-0.15, -0.1) is 6.42 Å². The van der Waals surface area contributed by atoms with Crippen LogP contribution in [0.2, 0.25) is 0 Å². The predicted octanol–water partition coefficient (Wildman–Crippen LogP) is 0.885. The van der Waals surface area contributed by atoms with Gasteiger partial charge in [-0.2, -0.15) is 0 Å². The van der Waals surface area contributed by atoms with Crippen molar-refractivity contribution < 1.29 is 0 Å². The highest BCUT2D eigenvalue weighted by molar-refractivity contribution is 7.42. The molecule has 0 heterocycles. The lowest BCUT2D eigenvalue weighted by molar-refractivity contribution is 2.48. The molecule has 0 aliphatic heterocycles. The van der Waals surface area contributed by atoms with Crippen molar-refractivity contribution in [2.24, 2.45) is 0 Å². The van der Waals surface area contributed by atoms with E-state index in [-0.39, 0.29) is 0 Å². The zero-order valence-electron chi connectivity index (χ0n) is 2.58. The van der Waals surface area contributed by atoms with E-state index in [1.807, 2.05) is 6.66 Å². The van der Waals surface area contributed by atoms with E-state index in [0.29, 0.717) is 8.58 Å². The van der Waals surface area contributed by atoms with Gasteiger partial charge in [0.2, 0.25) is 0 Å². The van der Waals surface area contributed by atoms with Crippen LogP contribution in [0.3, 0.4) is 0 Å². The highest BCUT2D eigenvalue weighted by Gasteiger charge is 1.42. The lowest BCUT2D eigenvalue weighted by Gasteiger charge is -1.53. The number of terminal acetylenes is 1. The smallest absolute Gasteiger partial charge is 0.0360 e. The third-order valence-corrected chi connectivity index (χ3v) is 0.433. The summed E-state index contributed by atoms with van der Waals surface area (Å²) in [5.74, 6) is 0. The van der Waals surface area contributed by atoms with Crippen molar-refractivity contribution in [2.45, 2.75) is 0 Å². The molecular formula is C3H5P. The summed E-state index contributed by atoms with van der Waals surface area (Å²) in [6.45, 7) is 1.97. The van der Waals surface area contributed by atoms with Crippen LogP contribution in [0, 0.1) is 12.1 Å². The Balaban J connectivity index is 2.43. The maximum absolute atomic E-state index is 4.79. The van der Waals surface area contributed by atoms with Gasteiger partial charge < -0.3 is 0 Å². The molecule has 22 valence electrons. The molecule has 0 aliphatic carbocycles. The molecule has 0 fully saturated rings. The molecule has 0 aromatic carbocycles. The molecule has 1 unspecified atom stereocenters. The minimum absolute atomic E-state index is 0.668. The van der Waals surface area contributed by atoms with E-state index in [1.165, 1.54) is 0 Å². The molecule has 4 heavy (non-hydrogen) atoms. The second-order valence-corrected chi connectivity index (χ2v) is 1.18. The van der Waals surface area contributed by atoms with Gasteiger partial charge >= 0.3 is 0 Å². The lowest BCUT2D eigenvalue weighted by atomic mass is 11.4. The molecule has 0 amide bonds. The summed E-state index contributed by atoms with van der Waals surface area (Å²) in [5.41, 5.74) is 2.46. The second-order valence-electron chi connectivity index (χ2n) is 0.394. The average molecular weight is 72.0 g/mol. The van der Waals surface area contributed by atoms with Gasteiger partial charge in [-0.05, 0) is 15.2 Å². The molecule has 0 rings (SSSR count). The summed E-state index contributed by atoms with van der Waals surface area (Å²) >= 11 is 0. The van der Waals surface area contributed by atoms with Crippen LogP contribution in [0.1, 0.15) is 0 Å². The molecule has 1 heteroatoms. The molecule has 0 saturated heterocycles. The van der Waals surface area contributed by atoms with Crippen LogP contribution in [0.15, 0.2) is 0 Å². The summed E-state index contributed by atoms with van der Waals surface area (Å²) in [4.78, 5) is 0. The number of hydrogen-bond donors (Lipinski definition) is 0. The van der Waals surface area contributed by atoms with Crippen LogP contribution < -0.4 is 0 Å². The Morgan fingerprint density at radius 2 is 2.25 bits per heavy atom. The molecule has 0 N–H and O–H groups in total. The summed E-state index contributed by atoms with van der Waals surface area (Å²) in [6.07, 6.45) is 4.79. The van der Waals surface area contributed by atoms with Crippen LogP contribution in [0.25, 0.3) is 0 Å². The third kappa shape index (κ3) is 1.99. The quantitative estimate of drug-likeness (QED) is 0.294. The van der Waals surface area contributed by atoms with Crippen molar-refractivity contribution in [1.29, 1.82) is 0 Å². The zero-order chi connectivity index (χ0) is 3.41. The van der Waals surface area contributed by atoms with E-state index in [0.717, 1.165) is 0 Å². The van der Waals surface area contributed by atoms with Crippen molar-refractivity contribution >= 4 is 8.58 Å². The second kappa shape index (κ2) is 2.99. The first kappa shape index (κ1) is 3.99. The molecule has 0 aliphatic rings. The van der Waals surface area contributed by atoms with Crippen molar-refractivity contribution in [2.75, 3.05) is 6.66 Å². The van der Waals surface area contributed by atoms with Crippen molar-refractivity contribution in [3.63, 3.8) is 0 Å². The normalized spacial score (nSPS) is 8.00. The van der Waals surface area contributed by atoms with E-state index in [9.17, 15) is 0 Å². The van der Waals surface area contributed by atoms with Crippen LogP contribution in [-0.2, 0) is 0 Å². The summed E-state index contributed by atoms with van der Waals surface area (Å²) in [5, 5.41) is 0. The fourth-order valence-electron chi connectivity index (χ4n) is 0. The molecule has 0 spiro atoms. The first-order valence-corrected chi connectivity index (χ1v) is 2.54. The number of hydrogen-bond acceptors (Lipinski definition) is 0. The van der Waals surface area contributed by atoms with Gasteiger partial charge in [-0.25, -0.2) is 0 Å². The summed E-state index contributed by atoms with van der Waals surface area (Å²) in [6, 6.07) is 0. The molecule has 0 saturated carbocycles. The summed E-state index contributed by atoms with van der Waals surface area (Å²) in [7, 11) is 0.668. The maximum Gasteiger partial charge on any atom is -0.0360 e. The molecular weight excluding hydrogens is 67.0 g/mol. The predicted molar refractivity (Wildman–Crippen MR) is 23.1 cm³/mol. The van der Waals surface area contributed by atoms with E-state index in [1.54, 1.807) is 0 Å². The largest absolute Gasteiger partial charge is 0.116 e. The fraction of sp³-hybridized carbons (Fsp3) is 0.333. The van der Waals surface area contributed by atoms with E-state index in [4.69, 9.17) is 6.42 Å². The van der Waals surface area contributed by atoms with Gasteiger partial charge in [0.1, 0.15) is 0 Å². The van der Waals surface area contributed by atoms with Crippen LogP contribution in [-0.4, -0.2) is 6.66 Å². The molecule has 0 nitrogen and oxygen atoms in total. The SMILES string of the molecule is C#CPC. The lowest BCUT2D eigenvalue weighted by Crippen LogP contribution is -1.21. The Kier molecular flexibility index (Phi) is 2.98. The van der Waals surface area contributed by atoms with Gasteiger partial charge in [0, 0.05) is 0 Å². The van der Waals surface area contributed by atoms with E-state index >= 15 is 0 Å². The van der Waals surface area contributed by atoms with Crippen LogP contribution in [0.5, 0.6) is 0 Å². The van der Waals surface area contributed by atoms with Gasteiger partial charge in [0.15, 0.2) is 0 Å². The molecule has 0 aromatic rings. The Bertz CT molecular complexity index is 33.0. The van der Waals surface area contributed by atoms with Crippen molar-refractivity contribution in [1.82, 2.24) is 0 Å². The first-order chi connectivity index (χ1) is 1.91. The fourth-order valence-corrected chi connectivity index (χ4v) is 0. The maximum atomic E-state index is 4.79. The Hall–Kier alpha value is -0.0100. The monoisotopic (exact) mass is 72.0 g/mol. The molecule has 0 radical (unpaired) electrons. The zero-order valence-corrected chi connectivity index (χ0v) is 3.58. The van der Waals surface area contributed by atoms with Crippen LogP contribution in [0.4, 0.5) is 0 Å². The van der Waals surface area contributed by atoms with Gasteiger partial charge in [0.05, 0.1) is 0 Å². The minimum atomic E-state index is 0.668. The highest BCUT2D eigenvalue weighted by atomic mass is 31.1. The third-order valence-electron chi connectivity index (χ3n) is 0.144. The minimum Gasteiger partial charge on any atom is -0.116 e. The van der Waals surface area contributed by atoms with E-state index < -0.39 is 0 Å². The Labute approximate surface area is 28.4 Å². The van der Waals surface area contributed by atoms with Crippen molar-refractivity contribution in [3.8, 4) is 12.1 Å². The Morgan fingerprint density at radius 3 is 2.25 bits per heavy atom. The Morgan fingerprint density at radius 1 is 2.00 bits per heavy atom. The average Bonchev–Trinajstić information content (AvgIpc) is 1.37. The number of rotatable bonds is 0. The molecule has 1 atom stereocenters. The van der Waals surface area contributed by atoms with E-state index in [2.05, 4.69) is 5.66 Å². The topological polar surface area (TPSA) is 0 Å². The first-order valence-electron chi connectivity index (χ1n) is 1.04. The standard InChI is InChI=1S/C3H5P/c1-3-4-2/h1,4H,2H3.